The van der Waals surface area contributed by atoms with Gasteiger partial charge in [-0.1, -0.05) is 24.3 Å². The Bertz CT molecular complexity index is 1240. The lowest BCUT2D eigenvalue weighted by Gasteiger charge is -2.13. The fourth-order valence-corrected chi connectivity index (χ4v) is 3.54. The summed E-state index contributed by atoms with van der Waals surface area (Å²) in [7, 11) is -4.33. The van der Waals surface area contributed by atoms with E-state index in [1.165, 1.54) is 36.4 Å². The van der Waals surface area contributed by atoms with Crippen LogP contribution in [0, 0.1) is 5.82 Å². The Morgan fingerprint density at radius 3 is 2.43 bits per heavy atom. The number of nitrogens with one attached hydrogen (secondary N) is 2. The number of nitrogens with zero attached hydrogens (tertiary/aromatic N) is 1. The third-order valence-electron chi connectivity index (χ3n) is 3.65. The Hall–Kier alpha value is -3.73. The first-order valence-electron chi connectivity index (χ1n) is 7.64. The number of carboxylic acid groups (broad SMARTS) is 1. The molecule has 11 heteroatoms. The molecule has 0 spiro atoms. The van der Waals surface area contributed by atoms with Gasteiger partial charge in [0, 0.05) is 5.56 Å². The van der Waals surface area contributed by atoms with Crippen molar-refractivity contribution in [3.8, 4) is 17.1 Å². The molecule has 0 aliphatic carbocycles. The summed E-state index contributed by atoms with van der Waals surface area (Å²) < 4.78 is 41.1. The number of halogens is 1. The lowest BCUT2D eigenvalue weighted by atomic mass is 10.1. The summed E-state index contributed by atoms with van der Waals surface area (Å²) in [5.74, 6) is -3.99. The van der Waals surface area contributed by atoms with E-state index in [1.807, 2.05) is 0 Å². The molecular formula is C17H12FN3O6S. The first-order chi connectivity index (χ1) is 13.2. The van der Waals surface area contributed by atoms with E-state index in [-0.39, 0.29) is 17.1 Å². The maximum Gasteiger partial charge on any atom is 0.358 e. The van der Waals surface area contributed by atoms with E-state index in [2.05, 4.69) is 14.7 Å². The Labute approximate surface area is 157 Å². The van der Waals surface area contributed by atoms with Gasteiger partial charge < -0.3 is 15.2 Å². The highest BCUT2D eigenvalue weighted by Gasteiger charge is 2.22. The van der Waals surface area contributed by atoms with E-state index in [0.717, 1.165) is 12.1 Å². The zero-order valence-corrected chi connectivity index (χ0v) is 14.7. The second kappa shape index (κ2) is 7.12. The Kier molecular flexibility index (Phi) is 4.84. The number of hydrogen-bond acceptors (Lipinski definition) is 6. The summed E-state index contributed by atoms with van der Waals surface area (Å²) in [5.41, 5.74) is -2.09. The van der Waals surface area contributed by atoms with Crippen LogP contribution in [0.25, 0.3) is 11.4 Å². The standard InChI is InChI=1S/C17H12FN3O6S/c18-10-6-2-4-8-12(10)28(26,27)21-11-7-3-1-5-9(11)15-19-13(17(24)25)14(22)16(23)20-15/h1-8,21-22H,(H,24,25)(H,19,20,23). The molecule has 1 heterocycles. The SMILES string of the molecule is O=C(O)c1nc(-c2ccccc2NS(=O)(=O)c2ccccc2F)[nH]c(=O)c1O. The highest BCUT2D eigenvalue weighted by Crippen LogP contribution is 2.28. The zero-order valence-electron chi connectivity index (χ0n) is 13.9. The molecular weight excluding hydrogens is 393 g/mol. The van der Waals surface area contributed by atoms with Crippen LogP contribution in [0.5, 0.6) is 5.75 Å². The summed E-state index contributed by atoms with van der Waals surface area (Å²) in [5, 5.41) is 18.6. The quantitative estimate of drug-likeness (QED) is 0.505. The summed E-state index contributed by atoms with van der Waals surface area (Å²) in [6, 6.07) is 10.4. The molecule has 0 fully saturated rings. The van der Waals surface area contributed by atoms with Crippen LogP contribution >= 0.6 is 0 Å². The number of aromatic nitrogens is 2. The molecule has 9 nitrogen and oxygen atoms in total. The number of carboxylic acids is 1. The van der Waals surface area contributed by atoms with Gasteiger partial charge in [-0.3, -0.25) is 9.52 Å². The van der Waals surface area contributed by atoms with Gasteiger partial charge in [-0.15, -0.1) is 0 Å². The molecule has 0 radical (unpaired) electrons. The highest BCUT2D eigenvalue weighted by atomic mass is 32.2. The normalized spacial score (nSPS) is 11.2. The lowest BCUT2D eigenvalue weighted by Crippen LogP contribution is -2.17. The highest BCUT2D eigenvalue weighted by molar-refractivity contribution is 7.92. The smallest absolute Gasteiger partial charge is 0.358 e. The van der Waals surface area contributed by atoms with Gasteiger partial charge >= 0.3 is 5.97 Å². The number of anilines is 1. The molecule has 0 atom stereocenters. The van der Waals surface area contributed by atoms with Crippen molar-refractivity contribution in [2.24, 2.45) is 0 Å². The molecule has 0 aliphatic rings. The number of hydrogen-bond donors (Lipinski definition) is 4. The monoisotopic (exact) mass is 405 g/mol. The van der Waals surface area contributed by atoms with Crippen LogP contribution in [0.3, 0.4) is 0 Å². The third-order valence-corrected chi connectivity index (χ3v) is 5.05. The minimum Gasteiger partial charge on any atom is -0.501 e. The molecule has 4 N–H and O–H groups in total. The first-order valence-corrected chi connectivity index (χ1v) is 9.12. The second-order valence-corrected chi connectivity index (χ2v) is 7.15. The predicted octanol–water partition coefficient (Wildman–Crippen LogP) is 1.78. The minimum atomic E-state index is -4.33. The van der Waals surface area contributed by atoms with Crippen molar-refractivity contribution < 1.29 is 27.8 Å². The number of aromatic hydroxyl groups is 1. The van der Waals surface area contributed by atoms with E-state index in [0.29, 0.717) is 0 Å². The van der Waals surface area contributed by atoms with Crippen LogP contribution in [0.2, 0.25) is 0 Å². The number of para-hydroxylation sites is 1. The minimum absolute atomic E-state index is 0.0158. The van der Waals surface area contributed by atoms with Crippen LogP contribution in [0.15, 0.2) is 58.2 Å². The number of H-pyrrole nitrogens is 1. The lowest BCUT2D eigenvalue weighted by molar-refractivity contribution is 0.0686. The molecule has 0 unspecified atom stereocenters. The van der Waals surface area contributed by atoms with Crippen molar-refractivity contribution in [2.75, 3.05) is 4.72 Å². The largest absolute Gasteiger partial charge is 0.501 e. The van der Waals surface area contributed by atoms with Crippen molar-refractivity contribution in [1.82, 2.24) is 9.97 Å². The van der Waals surface area contributed by atoms with E-state index >= 15 is 0 Å². The van der Waals surface area contributed by atoms with Crippen molar-refractivity contribution in [2.45, 2.75) is 4.90 Å². The zero-order chi connectivity index (χ0) is 20.5. The van der Waals surface area contributed by atoms with Gasteiger partial charge in [0.25, 0.3) is 15.6 Å². The number of aromatic amines is 1. The average molecular weight is 405 g/mol. The maximum absolute atomic E-state index is 13.9. The van der Waals surface area contributed by atoms with Crippen molar-refractivity contribution >= 4 is 21.7 Å². The number of benzene rings is 2. The van der Waals surface area contributed by atoms with Crippen LogP contribution in [0.1, 0.15) is 10.5 Å². The number of sulfonamides is 1. The van der Waals surface area contributed by atoms with Crippen molar-refractivity contribution in [1.29, 1.82) is 0 Å². The number of rotatable bonds is 5. The summed E-state index contributed by atoms with van der Waals surface area (Å²) in [6.45, 7) is 0. The molecule has 0 amide bonds. The first kappa shape index (κ1) is 19.0. The van der Waals surface area contributed by atoms with Gasteiger partial charge in [-0.25, -0.2) is 22.6 Å². The molecule has 0 aliphatic heterocycles. The molecule has 1 aromatic heterocycles. The van der Waals surface area contributed by atoms with Crippen LogP contribution in [-0.4, -0.2) is 34.6 Å². The molecule has 2 aromatic carbocycles. The predicted molar refractivity (Wildman–Crippen MR) is 96.1 cm³/mol. The Morgan fingerprint density at radius 1 is 1.11 bits per heavy atom. The molecule has 0 saturated heterocycles. The van der Waals surface area contributed by atoms with E-state index in [1.54, 1.807) is 0 Å². The van der Waals surface area contributed by atoms with E-state index < -0.39 is 43.7 Å². The van der Waals surface area contributed by atoms with Gasteiger partial charge in [0.2, 0.25) is 5.75 Å². The molecule has 28 heavy (non-hydrogen) atoms. The van der Waals surface area contributed by atoms with Crippen LogP contribution in [0.4, 0.5) is 10.1 Å². The molecule has 3 rings (SSSR count). The van der Waals surface area contributed by atoms with Crippen LogP contribution < -0.4 is 10.3 Å². The van der Waals surface area contributed by atoms with Gasteiger partial charge in [-0.05, 0) is 24.3 Å². The molecule has 0 bridgehead atoms. The summed E-state index contributed by atoms with van der Waals surface area (Å²) in [4.78, 5) is 28.2. The number of carbonyl (C=O) groups is 1. The molecule has 3 aromatic rings. The topological polar surface area (TPSA) is 149 Å². The second-order valence-electron chi connectivity index (χ2n) is 5.50. The molecule has 0 saturated carbocycles. The third kappa shape index (κ3) is 3.55. The van der Waals surface area contributed by atoms with Gasteiger partial charge in [0.15, 0.2) is 5.69 Å². The van der Waals surface area contributed by atoms with Gasteiger partial charge in [0.05, 0.1) is 5.69 Å². The van der Waals surface area contributed by atoms with E-state index in [4.69, 9.17) is 5.11 Å². The Balaban J connectivity index is 2.12. The van der Waals surface area contributed by atoms with Gasteiger partial charge in [0.1, 0.15) is 16.5 Å². The van der Waals surface area contributed by atoms with Crippen molar-refractivity contribution in [3.63, 3.8) is 0 Å². The fourth-order valence-electron chi connectivity index (χ4n) is 2.38. The van der Waals surface area contributed by atoms with Gasteiger partial charge in [-0.2, -0.15) is 0 Å². The number of aromatic carboxylic acids is 1. The van der Waals surface area contributed by atoms with Crippen molar-refractivity contribution in [3.05, 3.63) is 70.4 Å². The Morgan fingerprint density at radius 2 is 1.75 bits per heavy atom. The maximum atomic E-state index is 13.9. The molecule has 144 valence electrons. The van der Waals surface area contributed by atoms with E-state index in [9.17, 15) is 27.5 Å². The van der Waals surface area contributed by atoms with Crippen LogP contribution in [-0.2, 0) is 10.0 Å². The fraction of sp³-hybridized carbons (Fsp3) is 0. The summed E-state index contributed by atoms with van der Waals surface area (Å²) in [6.07, 6.45) is 0. The summed E-state index contributed by atoms with van der Waals surface area (Å²) >= 11 is 0. The average Bonchev–Trinajstić information content (AvgIpc) is 2.64.